The minimum Gasteiger partial charge on any atom is -0.295 e. The van der Waals surface area contributed by atoms with Gasteiger partial charge >= 0.3 is 0 Å². The van der Waals surface area contributed by atoms with Crippen molar-refractivity contribution in [3.05, 3.63) is 25.3 Å². The first-order valence-electron chi connectivity index (χ1n) is 5.50. The van der Waals surface area contributed by atoms with Gasteiger partial charge in [0.2, 0.25) is 0 Å². The normalized spacial score (nSPS) is 12.1. The molecule has 0 bridgehead atoms. The number of hydrogen-bond donors (Lipinski definition) is 0. The van der Waals surface area contributed by atoms with Crippen LogP contribution in [0.5, 0.6) is 0 Å². The first-order chi connectivity index (χ1) is 6.74. The molecule has 0 amide bonds. The molecule has 80 valence electrons. The van der Waals surface area contributed by atoms with E-state index in [2.05, 4.69) is 20.1 Å². The second-order valence-corrected chi connectivity index (χ2v) is 3.76. The van der Waals surface area contributed by atoms with Crippen molar-refractivity contribution in [1.29, 1.82) is 0 Å². The van der Waals surface area contributed by atoms with Crippen LogP contribution in [0.25, 0.3) is 0 Å². The Morgan fingerprint density at radius 2 is 2.07 bits per heavy atom. The summed E-state index contributed by atoms with van der Waals surface area (Å²) in [5.74, 6) is 0.637. The molecule has 0 aliphatic rings. The van der Waals surface area contributed by atoms with Gasteiger partial charge in [-0.1, -0.05) is 38.8 Å². The molecular formula is C13H22O. The van der Waals surface area contributed by atoms with Crippen molar-refractivity contribution in [3.63, 3.8) is 0 Å². The van der Waals surface area contributed by atoms with E-state index in [1.165, 1.54) is 25.3 Å². The molecule has 0 saturated heterocycles. The van der Waals surface area contributed by atoms with E-state index in [1.54, 1.807) is 0 Å². The van der Waals surface area contributed by atoms with Crippen molar-refractivity contribution in [2.24, 2.45) is 5.92 Å². The first-order valence-corrected chi connectivity index (χ1v) is 5.50. The van der Waals surface area contributed by atoms with Gasteiger partial charge in [0.05, 0.1) is 0 Å². The van der Waals surface area contributed by atoms with Gasteiger partial charge in [-0.05, 0) is 24.8 Å². The molecule has 1 nitrogen and oxygen atoms in total. The van der Waals surface area contributed by atoms with Crippen molar-refractivity contribution >= 4 is 5.78 Å². The molecule has 1 atom stereocenters. The van der Waals surface area contributed by atoms with E-state index >= 15 is 0 Å². The van der Waals surface area contributed by atoms with E-state index in [4.69, 9.17) is 0 Å². The lowest BCUT2D eigenvalue weighted by Crippen LogP contribution is -2.05. The van der Waals surface area contributed by atoms with Gasteiger partial charge in [0, 0.05) is 6.42 Å². The van der Waals surface area contributed by atoms with Crippen molar-refractivity contribution in [1.82, 2.24) is 0 Å². The number of unbranched alkanes of at least 4 members (excludes halogenated alkanes) is 2. The van der Waals surface area contributed by atoms with Crippen molar-refractivity contribution < 1.29 is 4.79 Å². The van der Waals surface area contributed by atoms with Gasteiger partial charge in [0.15, 0.2) is 5.78 Å². The number of carbonyl (C=O) groups excluding carboxylic acids is 1. The number of ketones is 1. The van der Waals surface area contributed by atoms with Crippen LogP contribution in [0.2, 0.25) is 0 Å². The van der Waals surface area contributed by atoms with Gasteiger partial charge in [-0.25, -0.2) is 0 Å². The van der Waals surface area contributed by atoms with E-state index in [0.29, 0.717) is 12.3 Å². The van der Waals surface area contributed by atoms with Crippen molar-refractivity contribution in [2.45, 2.75) is 45.4 Å². The van der Waals surface area contributed by atoms with Crippen LogP contribution in [0, 0.1) is 5.92 Å². The number of hydrogen-bond acceptors (Lipinski definition) is 1. The number of allylic oxidation sites excluding steroid dienone is 2. The van der Waals surface area contributed by atoms with Crippen LogP contribution in [0.4, 0.5) is 0 Å². The molecular weight excluding hydrogens is 172 g/mol. The molecule has 0 aliphatic heterocycles. The Labute approximate surface area is 87.9 Å². The van der Waals surface area contributed by atoms with E-state index in [0.717, 1.165) is 12.8 Å². The third-order valence-electron chi connectivity index (χ3n) is 2.43. The molecule has 0 heterocycles. The highest BCUT2D eigenvalue weighted by atomic mass is 16.1. The summed E-state index contributed by atoms with van der Waals surface area (Å²) in [6.45, 7) is 9.41. The average molecular weight is 194 g/mol. The summed E-state index contributed by atoms with van der Waals surface area (Å²) >= 11 is 0. The maximum Gasteiger partial charge on any atom is 0.155 e. The summed E-state index contributed by atoms with van der Waals surface area (Å²) in [4.78, 5) is 11.2. The zero-order valence-electron chi connectivity index (χ0n) is 9.30. The van der Waals surface area contributed by atoms with E-state index < -0.39 is 0 Å². The largest absolute Gasteiger partial charge is 0.295 e. The Morgan fingerprint density at radius 1 is 1.36 bits per heavy atom. The fourth-order valence-corrected chi connectivity index (χ4v) is 1.59. The standard InChI is InChI=1S/C13H22O/c1-4-7-8-10-12(9-5-2)11-13(14)6-3/h5-6,12H,2-4,7-11H2,1H3/t12-/m1/s1. The molecule has 0 fully saturated rings. The Bertz CT molecular complexity index is 182. The highest BCUT2D eigenvalue weighted by Crippen LogP contribution is 2.18. The smallest absolute Gasteiger partial charge is 0.155 e. The van der Waals surface area contributed by atoms with Crippen LogP contribution in [-0.4, -0.2) is 5.78 Å². The van der Waals surface area contributed by atoms with Gasteiger partial charge in [0.25, 0.3) is 0 Å². The Kier molecular flexibility index (Phi) is 8.20. The Morgan fingerprint density at radius 3 is 2.57 bits per heavy atom. The van der Waals surface area contributed by atoms with E-state index in [1.807, 2.05) is 6.08 Å². The van der Waals surface area contributed by atoms with Gasteiger partial charge in [-0.2, -0.15) is 0 Å². The maximum absolute atomic E-state index is 11.2. The molecule has 14 heavy (non-hydrogen) atoms. The van der Waals surface area contributed by atoms with Gasteiger partial charge in [-0.3, -0.25) is 4.79 Å². The lowest BCUT2D eigenvalue weighted by atomic mass is 9.93. The minimum absolute atomic E-state index is 0.161. The van der Waals surface area contributed by atoms with E-state index in [9.17, 15) is 4.79 Å². The molecule has 0 aliphatic carbocycles. The number of rotatable bonds is 9. The van der Waals surface area contributed by atoms with Crippen LogP contribution >= 0.6 is 0 Å². The number of carbonyl (C=O) groups is 1. The quantitative estimate of drug-likeness (QED) is 0.309. The van der Waals surface area contributed by atoms with Crippen molar-refractivity contribution in [3.8, 4) is 0 Å². The predicted molar refractivity (Wildman–Crippen MR) is 62.3 cm³/mol. The second kappa shape index (κ2) is 8.74. The Balaban J connectivity index is 3.81. The molecule has 0 aromatic carbocycles. The third-order valence-corrected chi connectivity index (χ3v) is 2.43. The minimum atomic E-state index is 0.161. The highest BCUT2D eigenvalue weighted by molar-refractivity contribution is 5.89. The second-order valence-electron chi connectivity index (χ2n) is 3.76. The molecule has 0 aromatic rings. The summed E-state index contributed by atoms with van der Waals surface area (Å²) in [6.07, 6.45) is 9.77. The van der Waals surface area contributed by atoms with Crippen LogP contribution < -0.4 is 0 Å². The van der Waals surface area contributed by atoms with Gasteiger partial charge in [0.1, 0.15) is 0 Å². The highest BCUT2D eigenvalue weighted by Gasteiger charge is 2.09. The molecule has 0 rings (SSSR count). The molecule has 1 heteroatoms. The summed E-state index contributed by atoms with van der Waals surface area (Å²) in [5, 5.41) is 0. The first kappa shape index (κ1) is 13.2. The molecule has 0 N–H and O–H groups in total. The van der Waals surface area contributed by atoms with Crippen LogP contribution in [-0.2, 0) is 4.79 Å². The van der Waals surface area contributed by atoms with E-state index in [-0.39, 0.29) is 5.78 Å². The fourth-order valence-electron chi connectivity index (χ4n) is 1.59. The average Bonchev–Trinajstić information content (AvgIpc) is 2.18. The van der Waals surface area contributed by atoms with Crippen molar-refractivity contribution in [2.75, 3.05) is 0 Å². The van der Waals surface area contributed by atoms with Crippen LogP contribution in [0.1, 0.15) is 45.4 Å². The molecule has 0 aromatic heterocycles. The maximum atomic E-state index is 11.2. The van der Waals surface area contributed by atoms with Crippen LogP contribution in [0.3, 0.4) is 0 Å². The zero-order chi connectivity index (χ0) is 10.8. The monoisotopic (exact) mass is 194 g/mol. The topological polar surface area (TPSA) is 17.1 Å². The SMILES string of the molecule is C=CC[C@H](CCCCC)CC(=O)C=C. The predicted octanol–water partition coefficient (Wildman–Crippen LogP) is 3.90. The lowest BCUT2D eigenvalue weighted by molar-refractivity contribution is -0.115. The summed E-state index contributed by atoms with van der Waals surface area (Å²) in [6, 6.07) is 0. The lowest BCUT2D eigenvalue weighted by Gasteiger charge is -2.12. The fraction of sp³-hybridized carbons (Fsp3) is 0.615. The third kappa shape index (κ3) is 6.64. The summed E-state index contributed by atoms with van der Waals surface area (Å²) < 4.78 is 0. The molecule has 0 spiro atoms. The van der Waals surface area contributed by atoms with Gasteiger partial charge < -0.3 is 0 Å². The summed E-state index contributed by atoms with van der Waals surface area (Å²) in [5.41, 5.74) is 0. The van der Waals surface area contributed by atoms with Gasteiger partial charge in [-0.15, -0.1) is 6.58 Å². The molecule has 0 radical (unpaired) electrons. The molecule has 0 unspecified atom stereocenters. The Hall–Kier alpha value is -0.850. The van der Waals surface area contributed by atoms with Crippen LogP contribution in [0.15, 0.2) is 25.3 Å². The summed E-state index contributed by atoms with van der Waals surface area (Å²) in [7, 11) is 0. The molecule has 0 saturated carbocycles. The zero-order valence-corrected chi connectivity index (χ0v) is 9.30.